The number of rotatable bonds is 3. The number of anilines is 3. The van der Waals surface area contributed by atoms with E-state index >= 15 is 0 Å². The van der Waals surface area contributed by atoms with Gasteiger partial charge in [-0.25, -0.2) is 9.97 Å². The van der Waals surface area contributed by atoms with Gasteiger partial charge < -0.3 is 15.0 Å². The lowest BCUT2D eigenvalue weighted by Gasteiger charge is -2.27. The molecule has 1 N–H and O–H groups in total. The molecule has 1 saturated heterocycles. The second-order valence-electron chi connectivity index (χ2n) is 5.93. The summed E-state index contributed by atoms with van der Waals surface area (Å²) in [5.41, 5.74) is 2.05. The lowest BCUT2D eigenvalue weighted by Crippen LogP contribution is -2.36. The fraction of sp³-hybridized carbons (Fsp3) is 0.353. The Bertz CT molecular complexity index is 906. The van der Waals surface area contributed by atoms with E-state index in [-0.39, 0.29) is 5.28 Å². The topological polar surface area (TPSA) is 63.2 Å². The van der Waals surface area contributed by atoms with Gasteiger partial charge in [0.1, 0.15) is 16.5 Å². The van der Waals surface area contributed by atoms with Crippen LogP contribution < -0.4 is 10.2 Å². The van der Waals surface area contributed by atoms with Crippen molar-refractivity contribution in [2.75, 3.05) is 36.5 Å². The van der Waals surface area contributed by atoms with Crippen molar-refractivity contribution < 1.29 is 4.74 Å². The molecule has 0 aliphatic carbocycles. The molecule has 0 radical (unpaired) electrons. The average Bonchev–Trinajstić information content (AvgIpc) is 2.90. The maximum Gasteiger partial charge on any atom is 0.225 e. The molecule has 1 aliphatic heterocycles. The van der Waals surface area contributed by atoms with E-state index in [0.717, 1.165) is 53.8 Å². The molecular formula is C17H18ClN5OS. The highest BCUT2D eigenvalue weighted by molar-refractivity contribution is 7.18. The van der Waals surface area contributed by atoms with E-state index in [1.54, 1.807) is 11.3 Å². The normalized spacial score (nSPS) is 14.9. The summed E-state index contributed by atoms with van der Waals surface area (Å²) in [6, 6.07) is 4.02. The molecule has 3 aromatic rings. The van der Waals surface area contributed by atoms with Crippen LogP contribution in [0.4, 0.5) is 17.3 Å². The number of aryl methyl sites for hydroxylation is 2. The third kappa shape index (κ3) is 3.27. The highest BCUT2D eigenvalue weighted by atomic mass is 35.5. The van der Waals surface area contributed by atoms with Gasteiger partial charge in [0.15, 0.2) is 0 Å². The predicted molar refractivity (Wildman–Crippen MR) is 102 cm³/mol. The highest BCUT2D eigenvalue weighted by Gasteiger charge is 2.15. The number of halogens is 1. The molecule has 0 atom stereocenters. The Balaban J connectivity index is 1.63. The molecule has 6 nitrogen and oxygen atoms in total. The van der Waals surface area contributed by atoms with Crippen molar-refractivity contribution in [3.63, 3.8) is 0 Å². The Kier molecular flexibility index (Phi) is 4.45. The van der Waals surface area contributed by atoms with Gasteiger partial charge in [-0.2, -0.15) is 4.98 Å². The minimum absolute atomic E-state index is 0.245. The van der Waals surface area contributed by atoms with Gasteiger partial charge in [-0.1, -0.05) is 0 Å². The zero-order valence-electron chi connectivity index (χ0n) is 14.0. The summed E-state index contributed by atoms with van der Waals surface area (Å²) in [5.74, 6) is 1.68. The van der Waals surface area contributed by atoms with Crippen LogP contribution in [0, 0.1) is 13.8 Å². The van der Waals surface area contributed by atoms with Gasteiger partial charge in [0.25, 0.3) is 0 Å². The fourth-order valence-corrected chi connectivity index (χ4v) is 4.14. The van der Waals surface area contributed by atoms with Gasteiger partial charge in [-0.3, -0.25) is 0 Å². The number of hydrogen-bond donors (Lipinski definition) is 1. The number of nitrogens with zero attached hydrogens (tertiary/aromatic N) is 4. The van der Waals surface area contributed by atoms with E-state index in [9.17, 15) is 0 Å². The summed E-state index contributed by atoms with van der Waals surface area (Å²) in [7, 11) is 0. The highest BCUT2D eigenvalue weighted by Crippen LogP contribution is 2.35. The van der Waals surface area contributed by atoms with Crippen molar-refractivity contribution in [1.29, 1.82) is 0 Å². The van der Waals surface area contributed by atoms with Gasteiger partial charge in [0, 0.05) is 18.0 Å². The second-order valence-corrected chi connectivity index (χ2v) is 7.48. The smallest absolute Gasteiger partial charge is 0.225 e. The first-order chi connectivity index (χ1) is 12.1. The summed E-state index contributed by atoms with van der Waals surface area (Å²) < 4.78 is 5.38. The maximum absolute atomic E-state index is 6.09. The van der Waals surface area contributed by atoms with E-state index < -0.39 is 0 Å². The van der Waals surface area contributed by atoms with E-state index in [1.165, 1.54) is 10.4 Å². The van der Waals surface area contributed by atoms with Crippen LogP contribution in [0.15, 0.2) is 18.3 Å². The third-order valence-electron chi connectivity index (χ3n) is 4.35. The quantitative estimate of drug-likeness (QED) is 0.699. The number of hydrogen-bond acceptors (Lipinski definition) is 7. The number of thiophene rings is 1. The number of aromatic nitrogens is 3. The maximum atomic E-state index is 6.09. The lowest BCUT2D eigenvalue weighted by molar-refractivity contribution is 0.122. The number of nitrogens with one attached hydrogen (secondary N) is 1. The molecule has 3 aromatic heterocycles. The molecule has 0 amide bonds. The average molecular weight is 376 g/mol. The Morgan fingerprint density at radius 2 is 2.00 bits per heavy atom. The number of ether oxygens (including phenoxy) is 1. The monoisotopic (exact) mass is 375 g/mol. The zero-order chi connectivity index (χ0) is 17.4. The Hall–Kier alpha value is -1.96. The molecule has 0 unspecified atom stereocenters. The molecule has 130 valence electrons. The standard InChI is InChI=1S/C17H18ClN5OS/c1-10-11(2)25-16-14(10)15(21-17(18)22-16)20-12-3-4-13(19-9-12)23-5-7-24-8-6-23/h3-4,9H,5-8H2,1-2H3,(H,20,21,22). The van der Waals surface area contributed by atoms with Gasteiger partial charge in [0.05, 0.1) is 30.5 Å². The van der Waals surface area contributed by atoms with Crippen molar-refractivity contribution in [3.8, 4) is 0 Å². The number of morpholine rings is 1. The summed E-state index contributed by atoms with van der Waals surface area (Å²) in [6.45, 7) is 7.39. The molecule has 0 bridgehead atoms. The summed E-state index contributed by atoms with van der Waals surface area (Å²) in [4.78, 5) is 17.6. The zero-order valence-corrected chi connectivity index (χ0v) is 15.6. The molecule has 25 heavy (non-hydrogen) atoms. The Morgan fingerprint density at radius 1 is 1.20 bits per heavy atom. The van der Waals surface area contributed by atoms with E-state index in [4.69, 9.17) is 16.3 Å². The number of pyridine rings is 1. The van der Waals surface area contributed by atoms with Crippen molar-refractivity contribution in [1.82, 2.24) is 15.0 Å². The van der Waals surface area contributed by atoms with Crippen LogP contribution in [0.3, 0.4) is 0 Å². The van der Waals surface area contributed by atoms with Gasteiger partial charge >= 0.3 is 0 Å². The molecule has 4 heterocycles. The second kappa shape index (κ2) is 6.74. The van der Waals surface area contributed by atoms with Crippen LogP contribution in [0.5, 0.6) is 0 Å². The van der Waals surface area contributed by atoms with Crippen LogP contribution in [-0.4, -0.2) is 41.3 Å². The first-order valence-corrected chi connectivity index (χ1v) is 9.30. The molecular weight excluding hydrogens is 358 g/mol. The van der Waals surface area contributed by atoms with Crippen LogP contribution in [0.25, 0.3) is 10.2 Å². The van der Waals surface area contributed by atoms with Crippen LogP contribution >= 0.6 is 22.9 Å². The van der Waals surface area contributed by atoms with Crippen molar-refractivity contribution in [3.05, 3.63) is 34.1 Å². The number of fused-ring (bicyclic) bond motifs is 1. The van der Waals surface area contributed by atoms with Gasteiger partial charge in [0.2, 0.25) is 5.28 Å². The van der Waals surface area contributed by atoms with E-state index in [1.807, 2.05) is 18.3 Å². The molecule has 1 aliphatic rings. The van der Waals surface area contributed by atoms with Crippen molar-refractivity contribution in [2.24, 2.45) is 0 Å². The van der Waals surface area contributed by atoms with Gasteiger partial charge in [-0.15, -0.1) is 11.3 Å². The lowest BCUT2D eigenvalue weighted by atomic mass is 10.2. The first kappa shape index (κ1) is 16.5. The molecule has 0 saturated carbocycles. The van der Waals surface area contributed by atoms with Crippen LogP contribution in [0.1, 0.15) is 10.4 Å². The largest absolute Gasteiger partial charge is 0.378 e. The SMILES string of the molecule is Cc1sc2nc(Cl)nc(Nc3ccc(N4CCOCC4)nc3)c2c1C. The predicted octanol–water partition coefficient (Wildman–Crippen LogP) is 3.94. The summed E-state index contributed by atoms with van der Waals surface area (Å²) in [5, 5.41) is 4.60. The summed E-state index contributed by atoms with van der Waals surface area (Å²) in [6.07, 6.45) is 1.82. The molecule has 0 spiro atoms. The minimum atomic E-state index is 0.245. The molecule has 4 rings (SSSR count). The molecule has 0 aromatic carbocycles. The fourth-order valence-electron chi connectivity index (χ4n) is 2.89. The minimum Gasteiger partial charge on any atom is -0.378 e. The van der Waals surface area contributed by atoms with Crippen LogP contribution in [0.2, 0.25) is 5.28 Å². The van der Waals surface area contributed by atoms with Crippen molar-refractivity contribution in [2.45, 2.75) is 13.8 Å². The van der Waals surface area contributed by atoms with Crippen molar-refractivity contribution >= 4 is 50.5 Å². The molecule has 8 heteroatoms. The Morgan fingerprint density at radius 3 is 2.72 bits per heavy atom. The Labute approximate surface area is 154 Å². The first-order valence-electron chi connectivity index (χ1n) is 8.11. The van der Waals surface area contributed by atoms with E-state index in [2.05, 4.69) is 39.0 Å². The third-order valence-corrected chi connectivity index (χ3v) is 5.62. The summed E-state index contributed by atoms with van der Waals surface area (Å²) >= 11 is 7.72. The van der Waals surface area contributed by atoms with Gasteiger partial charge in [-0.05, 0) is 43.1 Å². The molecule has 1 fully saturated rings. The van der Waals surface area contributed by atoms with Crippen LogP contribution in [-0.2, 0) is 4.74 Å². The van der Waals surface area contributed by atoms with E-state index in [0.29, 0.717) is 0 Å².